The van der Waals surface area contributed by atoms with Crippen LogP contribution < -0.4 is 5.32 Å². The van der Waals surface area contributed by atoms with Gasteiger partial charge in [0.05, 0.1) is 12.1 Å². The molecular weight excluding hydrogens is 306 g/mol. The third kappa shape index (κ3) is 3.26. The molecule has 0 bridgehead atoms. The molecule has 1 aliphatic rings. The Hall–Kier alpha value is -2.41. The van der Waals surface area contributed by atoms with Crippen LogP contribution in [0.25, 0.3) is 10.9 Å². The van der Waals surface area contributed by atoms with E-state index < -0.39 is 0 Å². The van der Waals surface area contributed by atoms with E-state index in [9.17, 15) is 9.59 Å². The monoisotopic (exact) mass is 329 g/mol. The minimum absolute atomic E-state index is 0.0872. The number of likely N-dealkylation sites (N-methyl/N-ethyl adjacent to an activating group) is 1. The third-order valence-electron chi connectivity index (χ3n) is 4.50. The van der Waals surface area contributed by atoms with Gasteiger partial charge in [0.1, 0.15) is 6.54 Å². The van der Waals surface area contributed by atoms with Crippen molar-refractivity contribution in [3.8, 4) is 0 Å². The average Bonchev–Trinajstić information content (AvgIpc) is 2.91. The van der Waals surface area contributed by atoms with Gasteiger partial charge in [0, 0.05) is 50.2 Å². The van der Waals surface area contributed by atoms with Crippen molar-refractivity contribution in [2.45, 2.75) is 13.5 Å². The maximum Gasteiger partial charge on any atom is 0.242 e. The van der Waals surface area contributed by atoms with Crippen molar-refractivity contribution in [1.29, 1.82) is 0 Å². The van der Waals surface area contributed by atoms with Crippen LogP contribution in [0.1, 0.15) is 5.56 Å². The fraction of sp³-hybridized carbons (Fsp3) is 0.471. The highest BCUT2D eigenvalue weighted by molar-refractivity contribution is 5.85. The summed E-state index contributed by atoms with van der Waals surface area (Å²) >= 11 is 0. The molecule has 1 N–H and O–H groups in total. The molecule has 3 heterocycles. The zero-order chi connectivity index (χ0) is 17.1. The maximum atomic E-state index is 12.6. The molecule has 0 aromatic carbocycles. The van der Waals surface area contributed by atoms with Gasteiger partial charge in [0.2, 0.25) is 11.8 Å². The first-order chi connectivity index (χ1) is 11.6. The van der Waals surface area contributed by atoms with Crippen LogP contribution in [0.15, 0.2) is 24.7 Å². The fourth-order valence-corrected chi connectivity index (χ4v) is 3.16. The molecule has 1 saturated heterocycles. The van der Waals surface area contributed by atoms with E-state index in [0.29, 0.717) is 39.3 Å². The van der Waals surface area contributed by atoms with Crippen LogP contribution in [0.2, 0.25) is 0 Å². The van der Waals surface area contributed by atoms with Gasteiger partial charge in [-0.1, -0.05) is 0 Å². The Morgan fingerprint density at radius 2 is 1.83 bits per heavy atom. The molecule has 1 fully saturated rings. The number of aryl methyl sites for hydroxylation is 1. The van der Waals surface area contributed by atoms with Crippen molar-refractivity contribution < 1.29 is 9.59 Å². The molecule has 24 heavy (non-hydrogen) atoms. The summed E-state index contributed by atoms with van der Waals surface area (Å²) in [5.74, 6) is 0.175. The number of carbonyl (C=O) groups excluding carboxylic acids is 2. The van der Waals surface area contributed by atoms with Crippen LogP contribution in [0, 0.1) is 6.92 Å². The molecule has 0 spiro atoms. The van der Waals surface area contributed by atoms with E-state index in [2.05, 4.69) is 10.3 Å². The van der Waals surface area contributed by atoms with Gasteiger partial charge in [-0.15, -0.1) is 0 Å². The summed E-state index contributed by atoms with van der Waals surface area (Å²) in [4.78, 5) is 32.3. The predicted molar refractivity (Wildman–Crippen MR) is 91.6 cm³/mol. The highest BCUT2D eigenvalue weighted by atomic mass is 16.2. The van der Waals surface area contributed by atoms with Crippen LogP contribution in [-0.2, 0) is 16.1 Å². The van der Waals surface area contributed by atoms with Gasteiger partial charge in [0.15, 0.2) is 0 Å². The average molecular weight is 329 g/mol. The summed E-state index contributed by atoms with van der Waals surface area (Å²) in [6.07, 6.45) is 5.57. The Kier molecular flexibility index (Phi) is 4.80. The van der Waals surface area contributed by atoms with Gasteiger partial charge in [-0.2, -0.15) is 0 Å². The number of pyridine rings is 1. The molecule has 7 nitrogen and oxygen atoms in total. The smallest absolute Gasteiger partial charge is 0.242 e. The van der Waals surface area contributed by atoms with E-state index in [4.69, 9.17) is 0 Å². The topological polar surface area (TPSA) is 70.5 Å². The molecule has 2 amide bonds. The van der Waals surface area contributed by atoms with E-state index in [1.54, 1.807) is 18.1 Å². The van der Waals surface area contributed by atoms with Gasteiger partial charge in [-0.25, -0.2) is 0 Å². The summed E-state index contributed by atoms with van der Waals surface area (Å²) in [7, 11) is 1.76. The summed E-state index contributed by atoms with van der Waals surface area (Å²) in [5, 5.41) is 3.95. The van der Waals surface area contributed by atoms with E-state index in [1.807, 2.05) is 34.9 Å². The van der Waals surface area contributed by atoms with Crippen LogP contribution >= 0.6 is 0 Å². The fourth-order valence-electron chi connectivity index (χ4n) is 3.16. The Balaban J connectivity index is 1.63. The van der Waals surface area contributed by atoms with Crippen molar-refractivity contribution >= 4 is 22.7 Å². The standard InChI is InChI=1S/C17H23N5O2/c1-13-11-22(15-3-4-19-9-14(13)15)12-17(24)21-7-5-20(6-8-21)16(23)10-18-2/h3-4,9,11,18H,5-8,10,12H2,1-2H3. The molecule has 2 aromatic rings. The van der Waals surface area contributed by atoms with Crippen LogP contribution in [0.4, 0.5) is 0 Å². The minimum Gasteiger partial charge on any atom is -0.338 e. The molecule has 0 atom stereocenters. The molecular formula is C17H23N5O2. The lowest BCUT2D eigenvalue weighted by molar-refractivity contribution is -0.139. The van der Waals surface area contributed by atoms with E-state index >= 15 is 0 Å². The largest absolute Gasteiger partial charge is 0.338 e. The van der Waals surface area contributed by atoms with E-state index in [1.165, 1.54) is 0 Å². The molecule has 1 aliphatic heterocycles. The number of nitrogens with one attached hydrogen (secondary N) is 1. The van der Waals surface area contributed by atoms with Crippen molar-refractivity contribution in [3.63, 3.8) is 0 Å². The highest BCUT2D eigenvalue weighted by Crippen LogP contribution is 2.19. The van der Waals surface area contributed by atoms with Crippen LogP contribution in [0.5, 0.6) is 0 Å². The third-order valence-corrected chi connectivity index (χ3v) is 4.50. The van der Waals surface area contributed by atoms with Gasteiger partial charge in [-0.3, -0.25) is 14.6 Å². The molecule has 7 heteroatoms. The van der Waals surface area contributed by atoms with Crippen molar-refractivity contribution in [2.75, 3.05) is 39.8 Å². The lowest BCUT2D eigenvalue weighted by Gasteiger charge is -2.35. The first-order valence-electron chi connectivity index (χ1n) is 8.19. The predicted octanol–water partition coefficient (Wildman–Crippen LogP) is 0.235. The molecule has 0 aliphatic carbocycles. The number of fused-ring (bicyclic) bond motifs is 1. The minimum atomic E-state index is 0.0872. The number of carbonyl (C=O) groups is 2. The number of aromatic nitrogens is 2. The molecule has 0 radical (unpaired) electrons. The number of piperazine rings is 1. The Morgan fingerprint density at radius 3 is 2.50 bits per heavy atom. The Bertz CT molecular complexity index is 747. The molecule has 2 aromatic heterocycles. The van der Waals surface area contributed by atoms with Crippen LogP contribution in [-0.4, -0.2) is 70.9 Å². The summed E-state index contributed by atoms with van der Waals surface area (Å²) in [6.45, 7) is 5.07. The summed E-state index contributed by atoms with van der Waals surface area (Å²) in [5.41, 5.74) is 2.15. The first-order valence-corrected chi connectivity index (χ1v) is 8.19. The number of amides is 2. The summed E-state index contributed by atoms with van der Waals surface area (Å²) < 4.78 is 1.98. The lowest BCUT2D eigenvalue weighted by Crippen LogP contribution is -2.52. The highest BCUT2D eigenvalue weighted by Gasteiger charge is 2.24. The molecule has 0 saturated carbocycles. The number of nitrogens with zero attached hydrogens (tertiary/aromatic N) is 4. The number of rotatable bonds is 4. The van der Waals surface area contributed by atoms with Crippen molar-refractivity contribution in [2.24, 2.45) is 0 Å². The summed E-state index contributed by atoms with van der Waals surface area (Å²) in [6, 6.07) is 1.93. The SMILES string of the molecule is CNCC(=O)N1CCN(C(=O)Cn2cc(C)c3cnccc32)CC1. The van der Waals surface area contributed by atoms with Crippen molar-refractivity contribution in [3.05, 3.63) is 30.2 Å². The number of hydrogen-bond acceptors (Lipinski definition) is 4. The van der Waals surface area contributed by atoms with Crippen LogP contribution in [0.3, 0.4) is 0 Å². The van der Waals surface area contributed by atoms with Gasteiger partial charge >= 0.3 is 0 Å². The first kappa shape index (κ1) is 16.4. The second-order valence-corrected chi connectivity index (χ2v) is 6.12. The van der Waals surface area contributed by atoms with Gasteiger partial charge < -0.3 is 19.7 Å². The lowest BCUT2D eigenvalue weighted by atomic mass is 10.2. The Morgan fingerprint density at radius 1 is 1.17 bits per heavy atom. The normalized spacial score (nSPS) is 15.1. The zero-order valence-corrected chi connectivity index (χ0v) is 14.2. The molecule has 0 unspecified atom stereocenters. The van der Waals surface area contributed by atoms with E-state index in [0.717, 1.165) is 16.5 Å². The Labute approximate surface area is 141 Å². The second kappa shape index (κ2) is 7.00. The van der Waals surface area contributed by atoms with Gasteiger partial charge in [-0.05, 0) is 25.6 Å². The van der Waals surface area contributed by atoms with E-state index in [-0.39, 0.29) is 11.8 Å². The molecule has 3 rings (SSSR count). The number of hydrogen-bond donors (Lipinski definition) is 1. The maximum absolute atomic E-state index is 12.6. The zero-order valence-electron chi connectivity index (χ0n) is 14.2. The quantitative estimate of drug-likeness (QED) is 0.872. The molecule has 128 valence electrons. The van der Waals surface area contributed by atoms with Gasteiger partial charge in [0.25, 0.3) is 0 Å². The van der Waals surface area contributed by atoms with Crippen molar-refractivity contribution in [1.82, 2.24) is 24.7 Å². The second-order valence-electron chi connectivity index (χ2n) is 6.12.